The molecule has 25 valence electrons. The molecule has 0 aromatic rings. The van der Waals surface area contributed by atoms with E-state index < -0.39 is 18.5 Å². The molecule has 0 aromatic heterocycles. The van der Waals surface area contributed by atoms with Crippen molar-refractivity contribution in [1.82, 2.24) is 0 Å². The molecule has 0 aliphatic carbocycles. The van der Waals surface area contributed by atoms with Gasteiger partial charge in [-0.25, -0.2) is 0 Å². The first-order valence-corrected chi connectivity index (χ1v) is 1.97. The van der Waals surface area contributed by atoms with Crippen molar-refractivity contribution in [3.05, 3.63) is 0 Å². The predicted molar refractivity (Wildman–Crippen MR) is 8.52 cm³/mol. The van der Waals surface area contributed by atoms with Gasteiger partial charge in [-0.1, -0.05) is 0 Å². The average Bonchev–Trinajstić information content (AvgIpc) is 0.918. The summed E-state index contributed by atoms with van der Waals surface area (Å²) >= 11 is -2.03. The van der Waals surface area contributed by atoms with Crippen molar-refractivity contribution in [1.29, 1.82) is 0 Å². The molecule has 0 aliphatic rings. The first-order chi connectivity index (χ1) is 1.41. The van der Waals surface area contributed by atoms with Gasteiger partial charge in [-0.2, -0.15) is 0 Å². The second-order valence-electron chi connectivity index (χ2n) is 0.0680. The van der Waals surface area contributed by atoms with Gasteiger partial charge < -0.3 is 0 Å². The molecule has 4 heavy (non-hydrogen) atoms. The van der Waals surface area contributed by atoms with Gasteiger partial charge in [-0.15, -0.1) is 0 Å². The van der Waals surface area contributed by atoms with Gasteiger partial charge in [-0.3, -0.25) is 0 Å². The van der Waals surface area contributed by atoms with Gasteiger partial charge in [0, 0.05) is 0 Å². The Labute approximate surface area is 42.6 Å². The van der Waals surface area contributed by atoms with Crippen LogP contribution in [0.15, 0.2) is 0 Å². The molecule has 1 radical (unpaired) electrons. The van der Waals surface area contributed by atoms with Gasteiger partial charge in [0.25, 0.3) is 0 Å². The van der Waals surface area contributed by atoms with Crippen LogP contribution in [-0.2, 0) is 25.3 Å². The summed E-state index contributed by atoms with van der Waals surface area (Å²) in [7, 11) is 0. The second kappa shape index (κ2) is 9.19. The van der Waals surface area contributed by atoms with Crippen molar-refractivity contribution < 1.29 is 25.3 Å². The van der Waals surface area contributed by atoms with Crippen LogP contribution in [0.25, 0.3) is 0 Å². The average molecular weight is 208 g/mol. The Hall–Kier alpha value is 0.808. The number of hydrogen-bond acceptors (Lipinski definition) is 2. The van der Waals surface area contributed by atoms with E-state index in [1.807, 2.05) is 0 Å². The Morgan fingerprint density at radius 2 is 1.25 bits per heavy atom. The maximum absolute atomic E-state index is 8.50. The molecule has 0 N–H and O–H groups in total. The summed E-state index contributed by atoms with van der Waals surface area (Å²) in [6.07, 6.45) is 0. The van der Waals surface area contributed by atoms with Crippen LogP contribution >= 0.6 is 0 Å². The van der Waals surface area contributed by atoms with E-state index in [0.29, 0.717) is 0 Å². The minimum absolute atomic E-state index is 0. The number of rotatable bonds is 0. The quantitative estimate of drug-likeness (QED) is 0.484. The topological polar surface area (TPSA) is 34.1 Å². The van der Waals surface area contributed by atoms with Crippen molar-refractivity contribution >= 4 is 17.1 Å². The summed E-state index contributed by atoms with van der Waals surface area (Å²) in [6, 6.07) is 0. The molecular weight excluding hydrogens is 207 g/mol. The molecule has 0 amide bonds. The van der Waals surface area contributed by atoms with Crippen LogP contribution in [0.5, 0.6) is 0 Å². The van der Waals surface area contributed by atoms with E-state index in [4.69, 9.17) is 6.80 Å². The molecule has 0 atom stereocenters. The van der Waals surface area contributed by atoms with Crippen molar-refractivity contribution in [2.75, 3.05) is 0 Å². The van der Waals surface area contributed by atoms with E-state index in [9.17, 15) is 0 Å². The fourth-order valence-electron chi connectivity index (χ4n) is 0. The van der Waals surface area contributed by atoms with Crippen molar-refractivity contribution in [2.24, 2.45) is 0 Å². The SMILES string of the molecule is [O]=[Mo]=[O].[SeH]. The van der Waals surface area contributed by atoms with Crippen LogP contribution in [0.2, 0.25) is 0 Å². The van der Waals surface area contributed by atoms with Crippen LogP contribution in [0, 0.1) is 0 Å². The third-order valence-corrected chi connectivity index (χ3v) is 0. The molecule has 0 bridgehead atoms. The third kappa shape index (κ3) is 14.1. The summed E-state index contributed by atoms with van der Waals surface area (Å²) in [5.74, 6) is 0. The Morgan fingerprint density at radius 1 is 1.25 bits per heavy atom. The summed E-state index contributed by atoms with van der Waals surface area (Å²) in [5, 5.41) is 0. The van der Waals surface area contributed by atoms with Crippen LogP contribution in [-0.4, -0.2) is 17.1 Å². The Kier molecular flexibility index (Phi) is 20.3. The van der Waals surface area contributed by atoms with E-state index in [0.717, 1.165) is 0 Å². The summed E-state index contributed by atoms with van der Waals surface area (Å²) in [6.45, 7) is 0. The Bertz CT molecular complexity index is 27.0. The normalized spacial score (nSPS) is 3.00. The second-order valence-corrected chi connectivity index (χ2v) is 0.403. The van der Waals surface area contributed by atoms with Crippen molar-refractivity contribution in [3.63, 3.8) is 0 Å². The summed E-state index contributed by atoms with van der Waals surface area (Å²) in [5.41, 5.74) is 0. The first kappa shape index (κ1) is 8.84. The standard InChI is InChI=1S/Mo.2O.HSe/h;;;1H. The van der Waals surface area contributed by atoms with E-state index in [1.165, 1.54) is 0 Å². The fraction of sp³-hybridized carbons (Fsp3) is 0. The minimum atomic E-state index is -2.03. The van der Waals surface area contributed by atoms with Crippen LogP contribution in [0.1, 0.15) is 0 Å². The van der Waals surface area contributed by atoms with Crippen LogP contribution < -0.4 is 0 Å². The monoisotopic (exact) mass is 211 g/mol. The molecule has 0 unspecified atom stereocenters. The zero-order chi connectivity index (χ0) is 2.71. The molecule has 0 spiro atoms. The summed E-state index contributed by atoms with van der Waals surface area (Å²) < 4.78 is 17.0. The van der Waals surface area contributed by atoms with E-state index >= 15 is 0 Å². The molecule has 0 aliphatic heterocycles. The fourth-order valence-corrected chi connectivity index (χ4v) is 0. The van der Waals surface area contributed by atoms with Gasteiger partial charge in [0.15, 0.2) is 0 Å². The molecule has 4 heteroatoms. The van der Waals surface area contributed by atoms with Gasteiger partial charge >= 0.3 is 42.4 Å². The molecule has 0 rings (SSSR count). The van der Waals surface area contributed by atoms with Gasteiger partial charge in [0.1, 0.15) is 0 Å². The Balaban J connectivity index is 0. The zero-order valence-corrected chi connectivity index (χ0v) is 5.56. The van der Waals surface area contributed by atoms with Crippen molar-refractivity contribution in [3.8, 4) is 0 Å². The van der Waals surface area contributed by atoms with E-state index in [-0.39, 0.29) is 17.1 Å². The molecule has 0 saturated carbocycles. The van der Waals surface area contributed by atoms with E-state index in [2.05, 4.69) is 0 Å². The molecular formula is HMoO2Se. The molecule has 0 saturated heterocycles. The van der Waals surface area contributed by atoms with Gasteiger partial charge in [0.2, 0.25) is 0 Å². The predicted octanol–water partition coefficient (Wildman–Crippen LogP) is -0.889. The van der Waals surface area contributed by atoms with Crippen molar-refractivity contribution in [2.45, 2.75) is 0 Å². The molecule has 0 heterocycles. The first-order valence-electron chi connectivity index (χ1n) is 0.333. The molecule has 0 aromatic carbocycles. The maximum atomic E-state index is 8.50. The van der Waals surface area contributed by atoms with Crippen LogP contribution in [0.3, 0.4) is 0 Å². The molecule has 0 fully saturated rings. The van der Waals surface area contributed by atoms with Gasteiger partial charge in [-0.05, 0) is 0 Å². The zero-order valence-electron chi connectivity index (χ0n) is 1.67. The van der Waals surface area contributed by atoms with Gasteiger partial charge in [0.05, 0.1) is 0 Å². The van der Waals surface area contributed by atoms with Crippen LogP contribution in [0.4, 0.5) is 0 Å². The molecule has 2 nitrogen and oxygen atoms in total. The number of hydrogen-bond donors (Lipinski definition) is 0. The third-order valence-electron chi connectivity index (χ3n) is 0. The van der Waals surface area contributed by atoms with E-state index in [1.54, 1.807) is 0 Å². The Morgan fingerprint density at radius 3 is 1.25 bits per heavy atom. The summed E-state index contributed by atoms with van der Waals surface area (Å²) in [4.78, 5) is 0.